The molecule has 0 saturated heterocycles. The van der Waals surface area contributed by atoms with Gasteiger partial charge in [0.25, 0.3) is 0 Å². The van der Waals surface area contributed by atoms with Crippen LogP contribution in [0.2, 0.25) is 5.02 Å². The van der Waals surface area contributed by atoms with Gasteiger partial charge in [0.15, 0.2) is 11.4 Å². The van der Waals surface area contributed by atoms with E-state index in [0.29, 0.717) is 34.0 Å². The molecule has 0 radical (unpaired) electrons. The number of nitrogens with one attached hydrogen (secondary N) is 1. The van der Waals surface area contributed by atoms with Gasteiger partial charge in [0.2, 0.25) is 0 Å². The third-order valence-corrected chi connectivity index (χ3v) is 4.03. The molecule has 0 atom stereocenters. The number of ether oxygens (including phenoxy) is 1. The summed E-state index contributed by atoms with van der Waals surface area (Å²) in [6.07, 6.45) is 0. The lowest BCUT2D eigenvalue weighted by molar-refractivity contribution is -0.152. The predicted molar refractivity (Wildman–Crippen MR) is 117 cm³/mol. The molecule has 2 aromatic rings. The number of aliphatic carboxylic acids is 1. The van der Waals surface area contributed by atoms with Crippen molar-refractivity contribution in [3.05, 3.63) is 64.7 Å². The monoisotopic (exact) mass is 419 g/mol. The van der Waals surface area contributed by atoms with E-state index >= 15 is 0 Å². The van der Waals surface area contributed by atoms with Gasteiger partial charge in [0.05, 0.1) is 0 Å². The minimum Gasteiger partial charge on any atom is -0.478 e. The van der Waals surface area contributed by atoms with Gasteiger partial charge in [-0.15, -0.1) is 0 Å². The first-order valence-electron chi connectivity index (χ1n) is 9.51. The van der Waals surface area contributed by atoms with Gasteiger partial charge < -0.3 is 15.2 Å². The highest BCUT2D eigenvalue weighted by molar-refractivity contribution is 6.30. The number of halogens is 1. The number of carbonyl (C=O) groups is 2. The molecule has 0 saturated carbocycles. The second-order valence-electron chi connectivity index (χ2n) is 7.75. The Labute approximate surface area is 178 Å². The summed E-state index contributed by atoms with van der Waals surface area (Å²) in [5.41, 5.74) is -0.312. The number of hydrogen-bond acceptors (Lipinski definition) is 4. The minimum absolute atomic E-state index is 0.138. The van der Waals surface area contributed by atoms with Gasteiger partial charge in [-0.25, -0.2) is 4.79 Å². The molecule has 0 unspecified atom stereocenters. The third-order valence-electron chi connectivity index (χ3n) is 3.78. The van der Waals surface area contributed by atoms with Crippen molar-refractivity contribution in [3.63, 3.8) is 0 Å². The van der Waals surface area contributed by atoms with Crippen LogP contribution in [0, 0.1) is 0 Å². The van der Waals surface area contributed by atoms with E-state index in [4.69, 9.17) is 21.4 Å². The summed E-state index contributed by atoms with van der Waals surface area (Å²) < 4.78 is 5.39. The smallest absolute Gasteiger partial charge is 0.347 e. The molecule has 2 aromatic carbocycles. The van der Waals surface area contributed by atoms with Gasteiger partial charge in [0, 0.05) is 28.2 Å². The molecule has 6 heteroatoms. The fourth-order valence-corrected chi connectivity index (χ4v) is 2.57. The maximum atomic E-state index is 12.3. The number of carboxylic acid groups (broad SMARTS) is 1. The van der Waals surface area contributed by atoms with E-state index in [-0.39, 0.29) is 5.78 Å². The summed E-state index contributed by atoms with van der Waals surface area (Å²) in [5, 5.41) is 12.9. The van der Waals surface area contributed by atoms with Gasteiger partial charge in [-0.2, -0.15) is 0 Å². The van der Waals surface area contributed by atoms with Crippen LogP contribution in [-0.2, 0) is 4.79 Å². The van der Waals surface area contributed by atoms with E-state index in [0.717, 1.165) is 0 Å². The van der Waals surface area contributed by atoms with E-state index in [2.05, 4.69) is 33.0 Å². The number of hydrogen-bond donors (Lipinski definition) is 2. The van der Waals surface area contributed by atoms with Gasteiger partial charge in [0.1, 0.15) is 5.75 Å². The summed E-state index contributed by atoms with van der Waals surface area (Å²) in [7, 11) is 0. The van der Waals surface area contributed by atoms with Crippen LogP contribution in [0.4, 0.5) is 0 Å². The van der Waals surface area contributed by atoms with Gasteiger partial charge in [-0.3, -0.25) is 4.79 Å². The van der Waals surface area contributed by atoms with E-state index in [9.17, 15) is 9.59 Å². The number of carboxylic acids is 1. The van der Waals surface area contributed by atoms with Gasteiger partial charge in [-0.05, 0) is 62.4 Å². The molecule has 0 aliphatic rings. The van der Waals surface area contributed by atoms with Crippen molar-refractivity contribution in [2.75, 3.05) is 0 Å². The summed E-state index contributed by atoms with van der Waals surface area (Å²) in [4.78, 5) is 23.3. The molecule has 0 bridgehead atoms. The quantitative estimate of drug-likeness (QED) is 0.603. The Hall–Kier alpha value is -2.37. The molecule has 158 valence electrons. The van der Waals surface area contributed by atoms with Crippen LogP contribution < -0.4 is 10.1 Å². The number of ketones is 1. The van der Waals surface area contributed by atoms with Crippen LogP contribution in [-0.4, -0.2) is 34.5 Å². The zero-order valence-corrected chi connectivity index (χ0v) is 18.6. The number of benzene rings is 2. The predicted octanol–water partition coefficient (Wildman–Crippen LogP) is 5.21. The highest BCUT2D eigenvalue weighted by atomic mass is 35.5. The second-order valence-corrected chi connectivity index (χ2v) is 8.19. The van der Waals surface area contributed by atoms with Crippen LogP contribution in [0.1, 0.15) is 57.5 Å². The summed E-state index contributed by atoms with van der Waals surface area (Å²) in [5.74, 6) is -0.811. The Morgan fingerprint density at radius 3 is 1.66 bits per heavy atom. The van der Waals surface area contributed by atoms with Crippen LogP contribution in [0.5, 0.6) is 5.75 Å². The minimum atomic E-state index is -1.33. The van der Waals surface area contributed by atoms with E-state index in [1.54, 1.807) is 48.5 Å². The van der Waals surface area contributed by atoms with Crippen LogP contribution in [0.25, 0.3) is 0 Å². The maximum Gasteiger partial charge on any atom is 0.347 e. The van der Waals surface area contributed by atoms with Gasteiger partial charge >= 0.3 is 5.97 Å². The lowest BCUT2D eigenvalue weighted by atomic mass is 10.0. The summed E-state index contributed by atoms with van der Waals surface area (Å²) >= 11 is 5.79. The molecule has 2 N–H and O–H groups in total. The summed E-state index contributed by atoms with van der Waals surface area (Å²) in [6, 6.07) is 14.2. The Bertz CT molecular complexity index is 791. The molecule has 0 aromatic heterocycles. The highest BCUT2D eigenvalue weighted by Crippen LogP contribution is 2.21. The zero-order chi connectivity index (χ0) is 22.2. The molecule has 0 fully saturated rings. The number of carbonyl (C=O) groups excluding carboxylic acids is 1. The average molecular weight is 420 g/mol. The molecule has 0 spiro atoms. The Balaban J connectivity index is 0.000000516. The topological polar surface area (TPSA) is 75.6 Å². The molecule has 5 nitrogen and oxygen atoms in total. The second kappa shape index (κ2) is 11.0. The third kappa shape index (κ3) is 8.67. The van der Waals surface area contributed by atoms with Crippen LogP contribution in [0.15, 0.2) is 48.5 Å². The first-order valence-corrected chi connectivity index (χ1v) is 9.89. The highest BCUT2D eigenvalue weighted by Gasteiger charge is 2.29. The standard InChI is InChI=1S/C17H15ClO4.C6H15N/c1-17(2,16(20)21)22-14-9-5-12(6-10-14)15(19)11-3-7-13(18)8-4-11;1-5(2)7-6(3)4/h3-10H,1-2H3,(H,20,21);5-7H,1-4H3. The molecule has 2 rings (SSSR count). The number of rotatable bonds is 7. The normalized spacial score (nSPS) is 11.1. The van der Waals surface area contributed by atoms with E-state index in [1.165, 1.54) is 13.8 Å². The van der Waals surface area contributed by atoms with Crippen LogP contribution in [0.3, 0.4) is 0 Å². The molecule has 0 aliphatic carbocycles. The first kappa shape index (κ1) is 24.7. The van der Waals surface area contributed by atoms with Gasteiger partial charge in [-0.1, -0.05) is 39.3 Å². The molecular weight excluding hydrogens is 390 g/mol. The van der Waals surface area contributed by atoms with Crippen molar-refractivity contribution >= 4 is 23.4 Å². The van der Waals surface area contributed by atoms with E-state index < -0.39 is 11.6 Å². The fourth-order valence-electron chi connectivity index (χ4n) is 2.45. The zero-order valence-electron chi connectivity index (χ0n) is 17.8. The SMILES string of the molecule is CC(C)(Oc1ccc(C(=O)c2ccc(Cl)cc2)cc1)C(=O)O.CC(C)NC(C)C. The lowest BCUT2D eigenvalue weighted by Gasteiger charge is -2.21. The molecule has 29 heavy (non-hydrogen) atoms. The van der Waals surface area contributed by atoms with Crippen molar-refractivity contribution in [2.24, 2.45) is 0 Å². The molecule has 0 amide bonds. The van der Waals surface area contributed by atoms with Crippen molar-refractivity contribution in [2.45, 2.75) is 59.2 Å². The first-order chi connectivity index (χ1) is 13.4. The molecule has 0 aliphatic heterocycles. The van der Waals surface area contributed by atoms with Crippen molar-refractivity contribution < 1.29 is 19.4 Å². The van der Waals surface area contributed by atoms with Crippen molar-refractivity contribution in [1.82, 2.24) is 5.32 Å². The lowest BCUT2D eigenvalue weighted by Crippen LogP contribution is -2.37. The Morgan fingerprint density at radius 2 is 1.31 bits per heavy atom. The average Bonchev–Trinajstić information content (AvgIpc) is 2.61. The fraction of sp³-hybridized carbons (Fsp3) is 0.391. The van der Waals surface area contributed by atoms with Crippen LogP contribution >= 0.6 is 11.6 Å². The largest absolute Gasteiger partial charge is 0.478 e. The maximum absolute atomic E-state index is 12.3. The van der Waals surface area contributed by atoms with E-state index in [1.807, 2.05) is 0 Å². The van der Waals surface area contributed by atoms with Crippen molar-refractivity contribution in [1.29, 1.82) is 0 Å². The Morgan fingerprint density at radius 1 is 0.897 bits per heavy atom. The molecular formula is C23H30ClNO4. The molecule has 0 heterocycles. The summed E-state index contributed by atoms with van der Waals surface area (Å²) in [6.45, 7) is 11.5. The Kier molecular flexibility index (Phi) is 9.34. The van der Waals surface area contributed by atoms with Crippen molar-refractivity contribution in [3.8, 4) is 5.75 Å².